The molecule has 3 nitrogen and oxygen atoms in total. The molecule has 3 heteroatoms. The van der Waals surface area contributed by atoms with Crippen molar-refractivity contribution in [1.82, 2.24) is 9.80 Å². The molecule has 0 aromatic rings. The lowest BCUT2D eigenvalue weighted by atomic mass is 10.3. The molecule has 0 aromatic heterocycles. The molecule has 0 radical (unpaired) electrons. The van der Waals surface area contributed by atoms with Gasteiger partial charge >= 0.3 is 0 Å². The Hall–Kier alpha value is -1.01. The summed E-state index contributed by atoms with van der Waals surface area (Å²) in [5.41, 5.74) is 0. The van der Waals surface area contributed by atoms with Gasteiger partial charge in [-0.1, -0.05) is 0 Å². The van der Waals surface area contributed by atoms with Gasteiger partial charge in [0.2, 0.25) is 0 Å². The molecule has 0 unspecified atom stereocenters. The van der Waals surface area contributed by atoms with Crippen molar-refractivity contribution in [2.45, 2.75) is 0 Å². The molecular formula is C8H13N3. The van der Waals surface area contributed by atoms with E-state index in [2.05, 4.69) is 16.8 Å². The molecule has 0 bridgehead atoms. The zero-order valence-electron chi connectivity index (χ0n) is 6.82. The maximum atomic E-state index is 8.28. The van der Waals surface area contributed by atoms with Crippen molar-refractivity contribution >= 4 is 0 Å². The third kappa shape index (κ3) is 2.60. The van der Waals surface area contributed by atoms with Crippen LogP contribution in [0.15, 0.2) is 12.3 Å². The van der Waals surface area contributed by atoms with Gasteiger partial charge in [0, 0.05) is 38.5 Å². The highest BCUT2D eigenvalue weighted by Gasteiger charge is 2.09. The first-order valence-corrected chi connectivity index (χ1v) is 3.82. The van der Waals surface area contributed by atoms with Crippen LogP contribution in [-0.4, -0.2) is 43.0 Å². The van der Waals surface area contributed by atoms with Crippen LogP contribution >= 0.6 is 0 Å². The van der Waals surface area contributed by atoms with E-state index in [1.54, 1.807) is 0 Å². The molecule has 11 heavy (non-hydrogen) atoms. The second-order valence-electron chi connectivity index (χ2n) is 2.78. The summed E-state index contributed by atoms with van der Waals surface area (Å²) >= 11 is 0. The van der Waals surface area contributed by atoms with Gasteiger partial charge in [-0.3, -0.25) is 0 Å². The summed E-state index contributed by atoms with van der Waals surface area (Å²) in [6.07, 6.45) is 3.40. The number of rotatable bonds is 1. The number of piperazine rings is 1. The van der Waals surface area contributed by atoms with Crippen LogP contribution < -0.4 is 0 Å². The van der Waals surface area contributed by atoms with E-state index < -0.39 is 0 Å². The smallest absolute Gasteiger partial charge is 0.0927 e. The summed E-state index contributed by atoms with van der Waals surface area (Å²) in [5.74, 6) is 0. The fourth-order valence-electron chi connectivity index (χ4n) is 1.11. The molecule has 1 fully saturated rings. The molecule has 1 saturated heterocycles. The van der Waals surface area contributed by atoms with Crippen LogP contribution in [0.5, 0.6) is 0 Å². The van der Waals surface area contributed by atoms with Crippen molar-refractivity contribution in [2.24, 2.45) is 0 Å². The average molecular weight is 151 g/mol. The Morgan fingerprint density at radius 3 is 2.45 bits per heavy atom. The highest BCUT2D eigenvalue weighted by Crippen LogP contribution is 1.98. The molecule has 0 saturated carbocycles. The van der Waals surface area contributed by atoms with E-state index in [1.807, 2.05) is 12.3 Å². The zero-order chi connectivity index (χ0) is 8.10. The Morgan fingerprint density at radius 1 is 1.27 bits per heavy atom. The van der Waals surface area contributed by atoms with Crippen molar-refractivity contribution in [3.63, 3.8) is 0 Å². The first-order chi connectivity index (χ1) is 5.33. The monoisotopic (exact) mass is 151 g/mol. The molecule has 0 aliphatic carbocycles. The van der Waals surface area contributed by atoms with E-state index in [-0.39, 0.29) is 0 Å². The molecule has 1 rings (SSSR count). The van der Waals surface area contributed by atoms with Crippen LogP contribution in [0.3, 0.4) is 0 Å². The number of allylic oxidation sites excluding steroid dienone is 1. The van der Waals surface area contributed by atoms with Gasteiger partial charge in [-0.15, -0.1) is 0 Å². The van der Waals surface area contributed by atoms with Gasteiger partial charge in [0.1, 0.15) is 0 Å². The molecule has 60 valence electrons. The van der Waals surface area contributed by atoms with Gasteiger partial charge in [-0.05, 0) is 7.05 Å². The van der Waals surface area contributed by atoms with Gasteiger partial charge in [0.15, 0.2) is 0 Å². The second kappa shape index (κ2) is 3.99. The molecule has 1 aliphatic heterocycles. The van der Waals surface area contributed by atoms with E-state index in [9.17, 15) is 0 Å². The second-order valence-corrected chi connectivity index (χ2v) is 2.78. The minimum Gasteiger partial charge on any atom is -0.374 e. The Bertz CT molecular complexity index is 172. The lowest BCUT2D eigenvalue weighted by Crippen LogP contribution is -2.41. The zero-order valence-corrected chi connectivity index (χ0v) is 6.82. The highest BCUT2D eigenvalue weighted by molar-refractivity contribution is 5.01. The Balaban J connectivity index is 2.29. The number of nitriles is 1. The van der Waals surface area contributed by atoms with Gasteiger partial charge in [0.25, 0.3) is 0 Å². The average Bonchev–Trinajstić information content (AvgIpc) is 2.04. The van der Waals surface area contributed by atoms with Crippen molar-refractivity contribution in [2.75, 3.05) is 33.2 Å². The van der Waals surface area contributed by atoms with E-state index >= 15 is 0 Å². The number of hydrogen-bond donors (Lipinski definition) is 0. The van der Waals surface area contributed by atoms with Crippen molar-refractivity contribution in [3.05, 3.63) is 12.3 Å². The predicted octanol–water partition coefficient (Wildman–Crippen LogP) is 0.271. The van der Waals surface area contributed by atoms with Crippen LogP contribution in [0.1, 0.15) is 0 Å². The largest absolute Gasteiger partial charge is 0.374 e. The van der Waals surface area contributed by atoms with E-state index in [0.29, 0.717) is 0 Å². The Morgan fingerprint density at radius 2 is 1.91 bits per heavy atom. The molecule has 0 N–H and O–H groups in total. The standard InChI is InChI=1S/C8H13N3/c1-10-5-7-11(8-6-10)4-2-3-9/h2,4H,5-8H2,1H3. The van der Waals surface area contributed by atoms with Crippen LogP contribution in [0.4, 0.5) is 0 Å². The lowest BCUT2D eigenvalue weighted by Gasteiger charge is -2.31. The fourth-order valence-corrected chi connectivity index (χ4v) is 1.11. The maximum absolute atomic E-state index is 8.28. The molecule has 0 aromatic carbocycles. The first-order valence-electron chi connectivity index (χ1n) is 3.82. The minimum atomic E-state index is 1.04. The van der Waals surface area contributed by atoms with E-state index in [4.69, 9.17) is 5.26 Å². The first kappa shape index (κ1) is 8.09. The SMILES string of the molecule is CN1CCN(C=CC#N)CC1. The third-order valence-corrected chi connectivity index (χ3v) is 1.90. The topological polar surface area (TPSA) is 30.3 Å². The Kier molecular flexibility index (Phi) is 2.94. The van der Waals surface area contributed by atoms with Gasteiger partial charge in [-0.25, -0.2) is 0 Å². The molecule has 1 heterocycles. The predicted molar refractivity (Wildman–Crippen MR) is 43.8 cm³/mol. The van der Waals surface area contributed by atoms with E-state index in [0.717, 1.165) is 26.2 Å². The molecule has 0 amide bonds. The van der Waals surface area contributed by atoms with Gasteiger partial charge < -0.3 is 9.80 Å². The quantitative estimate of drug-likeness (QED) is 0.504. The fraction of sp³-hybridized carbons (Fsp3) is 0.625. The van der Waals surface area contributed by atoms with Crippen molar-refractivity contribution in [1.29, 1.82) is 5.26 Å². The summed E-state index contributed by atoms with van der Waals surface area (Å²) < 4.78 is 0. The van der Waals surface area contributed by atoms with Gasteiger partial charge in [-0.2, -0.15) is 5.26 Å². The Labute approximate surface area is 67.5 Å². The van der Waals surface area contributed by atoms with Crippen LogP contribution in [0, 0.1) is 11.3 Å². The van der Waals surface area contributed by atoms with Crippen molar-refractivity contribution < 1.29 is 0 Å². The summed E-state index contributed by atoms with van der Waals surface area (Å²) in [6.45, 7) is 4.26. The van der Waals surface area contributed by atoms with E-state index in [1.165, 1.54) is 6.08 Å². The maximum Gasteiger partial charge on any atom is 0.0927 e. The summed E-state index contributed by atoms with van der Waals surface area (Å²) in [7, 11) is 2.12. The highest BCUT2D eigenvalue weighted by atomic mass is 15.2. The van der Waals surface area contributed by atoms with Gasteiger partial charge in [0.05, 0.1) is 6.07 Å². The number of hydrogen-bond acceptors (Lipinski definition) is 3. The van der Waals surface area contributed by atoms with Crippen molar-refractivity contribution in [3.8, 4) is 6.07 Å². The summed E-state index contributed by atoms with van der Waals surface area (Å²) in [6, 6.07) is 1.99. The summed E-state index contributed by atoms with van der Waals surface area (Å²) in [4.78, 5) is 4.46. The normalized spacial score (nSPS) is 20.5. The summed E-state index contributed by atoms with van der Waals surface area (Å²) in [5, 5.41) is 8.28. The minimum absolute atomic E-state index is 1.04. The van der Waals surface area contributed by atoms with Crippen LogP contribution in [0.25, 0.3) is 0 Å². The van der Waals surface area contributed by atoms with Crippen LogP contribution in [0.2, 0.25) is 0 Å². The number of nitrogens with zero attached hydrogens (tertiary/aromatic N) is 3. The molecular weight excluding hydrogens is 138 g/mol. The number of likely N-dealkylation sites (N-methyl/N-ethyl adjacent to an activating group) is 1. The molecule has 0 spiro atoms. The molecule has 1 aliphatic rings. The molecule has 0 atom stereocenters. The lowest BCUT2D eigenvalue weighted by molar-refractivity contribution is 0.198. The third-order valence-electron chi connectivity index (χ3n) is 1.90. The van der Waals surface area contributed by atoms with Crippen LogP contribution in [-0.2, 0) is 0 Å².